The smallest absolute Gasteiger partial charge is 0.254 e. The number of rotatable bonds is 5. The van der Waals surface area contributed by atoms with Gasteiger partial charge in [-0.3, -0.25) is 9.59 Å². The molecule has 1 aromatic carbocycles. The van der Waals surface area contributed by atoms with Gasteiger partial charge in [-0.2, -0.15) is 0 Å². The molecule has 6 heteroatoms. The van der Waals surface area contributed by atoms with Crippen molar-refractivity contribution in [1.82, 2.24) is 10.2 Å². The molecule has 0 bridgehead atoms. The SMILES string of the molecule is CCCN(C(=O)c1ccc(C(N)=O)cc1)C1CCNC1.Cl. The highest BCUT2D eigenvalue weighted by molar-refractivity contribution is 5.97. The van der Waals surface area contributed by atoms with Gasteiger partial charge in [0.1, 0.15) is 0 Å². The molecule has 0 radical (unpaired) electrons. The van der Waals surface area contributed by atoms with Crippen LogP contribution in [0.3, 0.4) is 0 Å². The third-order valence-corrected chi connectivity index (χ3v) is 3.62. The van der Waals surface area contributed by atoms with E-state index < -0.39 is 5.91 Å². The van der Waals surface area contributed by atoms with Crippen molar-refractivity contribution in [2.75, 3.05) is 19.6 Å². The maximum atomic E-state index is 12.6. The fourth-order valence-corrected chi connectivity index (χ4v) is 2.54. The minimum Gasteiger partial charge on any atom is -0.366 e. The van der Waals surface area contributed by atoms with E-state index in [4.69, 9.17) is 5.73 Å². The Balaban J connectivity index is 0.00000220. The Kier molecular flexibility index (Phi) is 6.65. The maximum Gasteiger partial charge on any atom is 0.254 e. The first-order valence-electron chi connectivity index (χ1n) is 7.05. The second kappa shape index (κ2) is 8.00. The summed E-state index contributed by atoms with van der Waals surface area (Å²) in [5.41, 5.74) is 6.23. The number of carbonyl (C=O) groups is 2. The number of nitrogens with two attached hydrogens (primary N) is 1. The van der Waals surface area contributed by atoms with Crippen LogP contribution in [0.25, 0.3) is 0 Å². The molecule has 2 rings (SSSR count). The topological polar surface area (TPSA) is 75.4 Å². The van der Waals surface area contributed by atoms with Gasteiger partial charge in [-0.25, -0.2) is 0 Å². The molecule has 0 aromatic heterocycles. The Morgan fingerprint density at radius 1 is 1.29 bits per heavy atom. The third-order valence-electron chi connectivity index (χ3n) is 3.62. The lowest BCUT2D eigenvalue weighted by Crippen LogP contribution is -2.42. The molecule has 1 heterocycles. The van der Waals surface area contributed by atoms with E-state index in [2.05, 4.69) is 12.2 Å². The number of carbonyl (C=O) groups excluding carboxylic acids is 2. The van der Waals surface area contributed by atoms with Crippen LogP contribution >= 0.6 is 12.4 Å². The number of hydrogen-bond donors (Lipinski definition) is 2. The number of amides is 2. The van der Waals surface area contributed by atoms with Gasteiger partial charge in [-0.1, -0.05) is 6.92 Å². The van der Waals surface area contributed by atoms with Gasteiger partial charge in [0.05, 0.1) is 0 Å². The van der Waals surface area contributed by atoms with Crippen LogP contribution in [0.2, 0.25) is 0 Å². The van der Waals surface area contributed by atoms with Crippen LogP contribution in [-0.4, -0.2) is 42.4 Å². The van der Waals surface area contributed by atoms with E-state index in [0.29, 0.717) is 11.1 Å². The average molecular weight is 312 g/mol. The predicted octanol–water partition coefficient (Wildman–Crippen LogP) is 1.42. The van der Waals surface area contributed by atoms with Crippen LogP contribution < -0.4 is 11.1 Å². The van der Waals surface area contributed by atoms with Gasteiger partial charge in [-0.05, 0) is 43.7 Å². The molecule has 3 N–H and O–H groups in total. The Morgan fingerprint density at radius 2 is 1.90 bits per heavy atom. The fourth-order valence-electron chi connectivity index (χ4n) is 2.54. The summed E-state index contributed by atoms with van der Waals surface area (Å²) in [6, 6.07) is 6.82. The number of nitrogens with zero attached hydrogens (tertiary/aromatic N) is 1. The Labute approximate surface area is 131 Å². The lowest BCUT2D eigenvalue weighted by atomic mass is 10.1. The van der Waals surface area contributed by atoms with Gasteiger partial charge in [0, 0.05) is 30.3 Å². The average Bonchev–Trinajstić information content (AvgIpc) is 2.98. The van der Waals surface area contributed by atoms with Crippen molar-refractivity contribution in [2.45, 2.75) is 25.8 Å². The number of nitrogens with one attached hydrogen (secondary N) is 1. The first-order valence-corrected chi connectivity index (χ1v) is 7.05. The van der Waals surface area contributed by atoms with Gasteiger partial charge >= 0.3 is 0 Å². The van der Waals surface area contributed by atoms with E-state index >= 15 is 0 Å². The summed E-state index contributed by atoms with van der Waals surface area (Å²) in [4.78, 5) is 25.6. The molecule has 0 aliphatic carbocycles. The van der Waals surface area contributed by atoms with E-state index in [1.165, 1.54) is 0 Å². The number of hydrogen-bond acceptors (Lipinski definition) is 3. The minimum absolute atomic E-state index is 0. The normalized spacial score (nSPS) is 17.1. The fraction of sp³-hybridized carbons (Fsp3) is 0.467. The van der Waals surface area contributed by atoms with Crippen molar-refractivity contribution in [3.05, 3.63) is 35.4 Å². The largest absolute Gasteiger partial charge is 0.366 e. The van der Waals surface area contributed by atoms with Gasteiger partial charge in [-0.15, -0.1) is 12.4 Å². The van der Waals surface area contributed by atoms with Gasteiger partial charge < -0.3 is 16.0 Å². The quantitative estimate of drug-likeness (QED) is 0.863. The number of halogens is 1. The lowest BCUT2D eigenvalue weighted by molar-refractivity contribution is 0.0692. The molecule has 1 aliphatic heterocycles. The summed E-state index contributed by atoms with van der Waals surface area (Å²) >= 11 is 0. The van der Waals surface area contributed by atoms with Crippen molar-refractivity contribution in [1.29, 1.82) is 0 Å². The Hall–Kier alpha value is -1.59. The molecule has 1 unspecified atom stereocenters. The monoisotopic (exact) mass is 311 g/mol. The summed E-state index contributed by atoms with van der Waals surface area (Å²) in [6.07, 6.45) is 1.92. The van der Waals surface area contributed by atoms with Crippen molar-refractivity contribution in [2.24, 2.45) is 5.73 Å². The molecule has 1 fully saturated rings. The van der Waals surface area contributed by atoms with Crippen molar-refractivity contribution >= 4 is 24.2 Å². The number of primary amides is 1. The van der Waals surface area contributed by atoms with Crippen LogP contribution in [0.5, 0.6) is 0 Å². The van der Waals surface area contributed by atoms with Gasteiger partial charge in [0.2, 0.25) is 5.91 Å². The second-order valence-corrected chi connectivity index (χ2v) is 5.09. The summed E-state index contributed by atoms with van der Waals surface area (Å²) < 4.78 is 0. The predicted molar refractivity (Wildman–Crippen MR) is 84.8 cm³/mol. The molecule has 21 heavy (non-hydrogen) atoms. The van der Waals surface area contributed by atoms with Crippen LogP contribution in [0.15, 0.2) is 24.3 Å². The zero-order chi connectivity index (χ0) is 14.5. The minimum atomic E-state index is -0.477. The first-order chi connectivity index (χ1) is 9.63. The van der Waals surface area contributed by atoms with E-state index in [-0.39, 0.29) is 24.4 Å². The highest BCUT2D eigenvalue weighted by Crippen LogP contribution is 2.15. The summed E-state index contributed by atoms with van der Waals surface area (Å²) in [6.45, 7) is 4.63. The molecule has 116 valence electrons. The highest BCUT2D eigenvalue weighted by atomic mass is 35.5. The zero-order valence-electron chi connectivity index (χ0n) is 12.2. The lowest BCUT2D eigenvalue weighted by Gasteiger charge is -2.28. The van der Waals surface area contributed by atoms with Crippen LogP contribution in [0.1, 0.15) is 40.5 Å². The Bertz CT molecular complexity index is 484. The van der Waals surface area contributed by atoms with Crippen LogP contribution in [0, 0.1) is 0 Å². The van der Waals surface area contributed by atoms with E-state index in [0.717, 1.165) is 32.5 Å². The highest BCUT2D eigenvalue weighted by Gasteiger charge is 2.26. The van der Waals surface area contributed by atoms with Crippen molar-refractivity contribution < 1.29 is 9.59 Å². The second-order valence-electron chi connectivity index (χ2n) is 5.09. The van der Waals surface area contributed by atoms with Crippen LogP contribution in [-0.2, 0) is 0 Å². The molecular formula is C15H22ClN3O2. The molecular weight excluding hydrogens is 290 g/mol. The molecule has 0 spiro atoms. The molecule has 5 nitrogen and oxygen atoms in total. The van der Waals surface area contributed by atoms with E-state index in [9.17, 15) is 9.59 Å². The number of benzene rings is 1. The van der Waals surface area contributed by atoms with Gasteiger partial charge in [0.15, 0.2) is 0 Å². The third kappa shape index (κ3) is 4.19. The first kappa shape index (κ1) is 17.5. The molecule has 1 saturated heterocycles. The van der Waals surface area contributed by atoms with Crippen LogP contribution in [0.4, 0.5) is 0 Å². The van der Waals surface area contributed by atoms with E-state index in [1.54, 1.807) is 24.3 Å². The molecule has 0 saturated carbocycles. The van der Waals surface area contributed by atoms with Gasteiger partial charge in [0.25, 0.3) is 5.91 Å². The standard InChI is InChI=1S/C15H21N3O2.ClH/c1-2-9-18(13-7-8-17-10-13)15(20)12-5-3-11(4-6-12)14(16)19;/h3-6,13,17H,2,7-10H2,1H3,(H2,16,19);1H. The Morgan fingerprint density at radius 3 is 2.38 bits per heavy atom. The molecule has 1 atom stereocenters. The summed E-state index contributed by atoms with van der Waals surface area (Å²) in [5.74, 6) is -0.453. The van der Waals surface area contributed by atoms with Crippen molar-refractivity contribution in [3.8, 4) is 0 Å². The van der Waals surface area contributed by atoms with E-state index in [1.807, 2.05) is 4.90 Å². The molecule has 2 amide bonds. The zero-order valence-corrected chi connectivity index (χ0v) is 13.0. The molecule has 1 aromatic rings. The summed E-state index contributed by atoms with van der Waals surface area (Å²) in [7, 11) is 0. The van der Waals surface area contributed by atoms with Crippen molar-refractivity contribution in [3.63, 3.8) is 0 Å². The maximum absolute atomic E-state index is 12.6. The summed E-state index contributed by atoms with van der Waals surface area (Å²) in [5, 5.41) is 3.29. The molecule has 1 aliphatic rings.